The Balaban J connectivity index is 1.98. The Morgan fingerprint density at radius 1 is 1.35 bits per heavy atom. The minimum atomic E-state index is 0.511. The van der Waals surface area contributed by atoms with Crippen molar-refractivity contribution in [1.29, 1.82) is 0 Å². The van der Waals surface area contributed by atoms with Gasteiger partial charge in [-0.3, -0.25) is 0 Å². The zero-order valence-corrected chi connectivity index (χ0v) is 13.7. The van der Waals surface area contributed by atoms with Crippen molar-refractivity contribution in [3.05, 3.63) is 34.1 Å². The Kier molecular flexibility index (Phi) is 5.31. The maximum absolute atomic E-state index is 5.30. The summed E-state index contributed by atoms with van der Waals surface area (Å²) in [4.78, 5) is 4.45. The van der Waals surface area contributed by atoms with Gasteiger partial charge in [0.2, 0.25) is 11.7 Å². The smallest absolute Gasteiger partial charge is 0.227 e. The van der Waals surface area contributed by atoms with Gasteiger partial charge in [0.15, 0.2) is 0 Å². The lowest BCUT2D eigenvalue weighted by Crippen LogP contribution is -2.23. The van der Waals surface area contributed by atoms with Crippen molar-refractivity contribution in [3.63, 3.8) is 0 Å². The lowest BCUT2D eigenvalue weighted by molar-refractivity contribution is 0.374. The molecule has 0 unspecified atom stereocenters. The zero-order chi connectivity index (χ0) is 14.5. The van der Waals surface area contributed by atoms with Crippen LogP contribution in [0.15, 0.2) is 27.2 Å². The molecule has 1 aromatic carbocycles. The lowest BCUT2D eigenvalue weighted by atomic mass is 10.1. The van der Waals surface area contributed by atoms with E-state index in [9.17, 15) is 0 Å². The fourth-order valence-electron chi connectivity index (χ4n) is 1.90. The summed E-state index contributed by atoms with van der Waals surface area (Å²) in [5.74, 6) is 1.33. The number of rotatable bonds is 6. The molecule has 0 radical (unpaired) electrons. The standard InChI is InChI=1S/C15H20BrN3O/c1-10(2)17-8-4-5-14-18-15(19-20-14)12-7-6-11(3)9-13(12)16/h6-7,9-10,17H,4-5,8H2,1-3H3. The van der Waals surface area contributed by atoms with Crippen LogP contribution < -0.4 is 5.32 Å². The van der Waals surface area contributed by atoms with Crippen LogP contribution in [-0.2, 0) is 6.42 Å². The number of nitrogens with one attached hydrogen (secondary N) is 1. The van der Waals surface area contributed by atoms with Crippen LogP contribution in [0.1, 0.15) is 31.7 Å². The maximum atomic E-state index is 5.30. The van der Waals surface area contributed by atoms with Crippen LogP contribution in [0.2, 0.25) is 0 Å². The average Bonchev–Trinajstić information content (AvgIpc) is 2.83. The second kappa shape index (κ2) is 6.99. The van der Waals surface area contributed by atoms with Gasteiger partial charge in [0.25, 0.3) is 0 Å². The molecule has 108 valence electrons. The first-order valence-electron chi connectivity index (χ1n) is 6.89. The molecule has 1 aromatic heterocycles. The number of halogens is 1. The van der Waals surface area contributed by atoms with E-state index in [1.165, 1.54) is 5.56 Å². The summed E-state index contributed by atoms with van der Waals surface area (Å²) in [5, 5.41) is 7.43. The highest BCUT2D eigenvalue weighted by Gasteiger charge is 2.11. The molecular weight excluding hydrogens is 318 g/mol. The van der Waals surface area contributed by atoms with Crippen molar-refractivity contribution in [3.8, 4) is 11.4 Å². The summed E-state index contributed by atoms with van der Waals surface area (Å²) >= 11 is 3.54. The van der Waals surface area contributed by atoms with Crippen molar-refractivity contribution in [2.24, 2.45) is 0 Å². The SMILES string of the molecule is Cc1ccc(-c2noc(CCCNC(C)C)n2)c(Br)c1. The van der Waals surface area contributed by atoms with E-state index in [4.69, 9.17) is 4.52 Å². The second-order valence-electron chi connectivity index (χ2n) is 5.21. The Morgan fingerprint density at radius 3 is 2.85 bits per heavy atom. The minimum Gasteiger partial charge on any atom is -0.339 e. The fraction of sp³-hybridized carbons (Fsp3) is 0.467. The summed E-state index contributed by atoms with van der Waals surface area (Å²) in [6, 6.07) is 6.62. The van der Waals surface area contributed by atoms with E-state index < -0.39 is 0 Å². The normalized spacial score (nSPS) is 11.2. The number of hydrogen-bond donors (Lipinski definition) is 1. The van der Waals surface area contributed by atoms with Crippen molar-refractivity contribution in [1.82, 2.24) is 15.5 Å². The summed E-state index contributed by atoms with van der Waals surface area (Å²) in [5.41, 5.74) is 2.16. The molecule has 0 aliphatic carbocycles. The monoisotopic (exact) mass is 337 g/mol. The molecule has 1 heterocycles. The van der Waals surface area contributed by atoms with Crippen LogP contribution in [0.5, 0.6) is 0 Å². The summed E-state index contributed by atoms with van der Waals surface area (Å²) in [6.45, 7) is 7.29. The maximum Gasteiger partial charge on any atom is 0.227 e. The number of nitrogens with zero attached hydrogens (tertiary/aromatic N) is 2. The first-order chi connectivity index (χ1) is 9.56. The molecule has 0 saturated carbocycles. The second-order valence-corrected chi connectivity index (χ2v) is 6.06. The van der Waals surface area contributed by atoms with Gasteiger partial charge in [-0.2, -0.15) is 4.98 Å². The molecule has 0 atom stereocenters. The van der Waals surface area contributed by atoms with Crippen LogP contribution >= 0.6 is 15.9 Å². The van der Waals surface area contributed by atoms with Crippen molar-refractivity contribution in [2.75, 3.05) is 6.54 Å². The molecule has 2 aromatic rings. The third-order valence-electron chi connectivity index (χ3n) is 2.95. The van der Waals surface area contributed by atoms with E-state index in [1.807, 2.05) is 12.1 Å². The third-order valence-corrected chi connectivity index (χ3v) is 3.61. The molecule has 0 saturated heterocycles. The van der Waals surface area contributed by atoms with Gasteiger partial charge in [-0.25, -0.2) is 0 Å². The molecule has 0 fully saturated rings. The molecule has 0 amide bonds. The fourth-order valence-corrected chi connectivity index (χ4v) is 2.57. The number of benzene rings is 1. The van der Waals surface area contributed by atoms with Crippen molar-refractivity contribution < 1.29 is 4.52 Å². The van der Waals surface area contributed by atoms with Crippen LogP contribution in [0.4, 0.5) is 0 Å². The molecule has 20 heavy (non-hydrogen) atoms. The van der Waals surface area contributed by atoms with Crippen molar-refractivity contribution >= 4 is 15.9 Å². The largest absolute Gasteiger partial charge is 0.339 e. The van der Waals surface area contributed by atoms with Gasteiger partial charge in [0.1, 0.15) is 0 Å². The Labute approximate surface area is 128 Å². The summed E-state index contributed by atoms with van der Waals surface area (Å²) < 4.78 is 6.29. The van der Waals surface area contributed by atoms with E-state index in [-0.39, 0.29) is 0 Å². The lowest BCUT2D eigenvalue weighted by Gasteiger charge is -2.05. The van der Waals surface area contributed by atoms with Gasteiger partial charge in [-0.05, 0) is 37.6 Å². The molecule has 0 spiro atoms. The topological polar surface area (TPSA) is 51.0 Å². The predicted octanol–water partition coefficient (Wildman–Crippen LogP) is 3.74. The quantitative estimate of drug-likeness (QED) is 0.816. The van der Waals surface area contributed by atoms with E-state index in [0.717, 1.165) is 29.4 Å². The highest BCUT2D eigenvalue weighted by atomic mass is 79.9. The molecular formula is C15H20BrN3O. The molecule has 2 rings (SSSR count). The van der Waals surface area contributed by atoms with Crippen molar-refractivity contribution in [2.45, 2.75) is 39.7 Å². The number of hydrogen-bond acceptors (Lipinski definition) is 4. The molecule has 0 bridgehead atoms. The highest BCUT2D eigenvalue weighted by Crippen LogP contribution is 2.26. The van der Waals surface area contributed by atoms with Crippen LogP contribution in [0, 0.1) is 6.92 Å². The first kappa shape index (κ1) is 15.2. The van der Waals surface area contributed by atoms with Gasteiger partial charge >= 0.3 is 0 Å². The van der Waals surface area contributed by atoms with E-state index >= 15 is 0 Å². The van der Waals surface area contributed by atoms with E-state index in [0.29, 0.717) is 17.8 Å². The van der Waals surface area contributed by atoms with Gasteiger partial charge in [-0.15, -0.1) is 0 Å². The molecule has 0 aliphatic rings. The zero-order valence-electron chi connectivity index (χ0n) is 12.1. The third kappa shape index (κ3) is 4.15. The molecule has 4 nitrogen and oxygen atoms in total. The molecule has 0 aliphatic heterocycles. The Morgan fingerprint density at radius 2 is 2.15 bits per heavy atom. The van der Waals surface area contributed by atoms with Crippen LogP contribution in [0.25, 0.3) is 11.4 Å². The van der Waals surface area contributed by atoms with Gasteiger partial charge in [0, 0.05) is 22.5 Å². The highest BCUT2D eigenvalue weighted by molar-refractivity contribution is 9.10. The number of aromatic nitrogens is 2. The molecule has 5 heteroatoms. The Bertz CT molecular complexity index is 566. The molecule has 1 N–H and O–H groups in total. The van der Waals surface area contributed by atoms with Gasteiger partial charge in [-0.1, -0.05) is 41.0 Å². The van der Waals surface area contributed by atoms with Gasteiger partial charge < -0.3 is 9.84 Å². The van der Waals surface area contributed by atoms with E-state index in [2.05, 4.69) is 58.2 Å². The minimum absolute atomic E-state index is 0.511. The van der Waals surface area contributed by atoms with Crippen LogP contribution in [0.3, 0.4) is 0 Å². The number of aryl methyl sites for hydroxylation is 2. The average molecular weight is 338 g/mol. The summed E-state index contributed by atoms with van der Waals surface area (Å²) in [7, 11) is 0. The van der Waals surface area contributed by atoms with Crippen LogP contribution in [-0.4, -0.2) is 22.7 Å². The first-order valence-corrected chi connectivity index (χ1v) is 7.68. The Hall–Kier alpha value is -1.20. The van der Waals surface area contributed by atoms with E-state index in [1.54, 1.807) is 0 Å². The predicted molar refractivity (Wildman–Crippen MR) is 83.6 cm³/mol. The summed E-state index contributed by atoms with van der Waals surface area (Å²) in [6.07, 6.45) is 1.80. The van der Waals surface area contributed by atoms with Gasteiger partial charge in [0.05, 0.1) is 0 Å².